The largest absolute Gasteiger partial charge is 0.387 e. The van der Waals surface area contributed by atoms with E-state index in [9.17, 15) is 13.5 Å². The fourth-order valence-corrected chi connectivity index (χ4v) is 5.22. The van der Waals surface area contributed by atoms with E-state index in [1.165, 1.54) is 6.42 Å². The Balaban J connectivity index is 1.65. The molecule has 0 spiro atoms. The number of sulfone groups is 1. The van der Waals surface area contributed by atoms with Crippen molar-refractivity contribution in [3.05, 3.63) is 0 Å². The number of rotatable bonds is 9. The Hall–Kier alpha value is -0.170. The van der Waals surface area contributed by atoms with Crippen LogP contribution in [-0.2, 0) is 14.6 Å². The van der Waals surface area contributed by atoms with Crippen molar-refractivity contribution in [3.8, 4) is 0 Å². The molecule has 5 nitrogen and oxygen atoms in total. The number of hydrogen-bond acceptors (Lipinski definition) is 5. The monoisotopic (exact) mass is 361 g/mol. The van der Waals surface area contributed by atoms with Crippen LogP contribution in [0.3, 0.4) is 0 Å². The summed E-state index contributed by atoms with van der Waals surface area (Å²) >= 11 is 0. The van der Waals surface area contributed by atoms with Crippen LogP contribution in [0.5, 0.6) is 0 Å². The van der Waals surface area contributed by atoms with Crippen LogP contribution in [-0.4, -0.2) is 67.4 Å². The minimum atomic E-state index is -3.01. The van der Waals surface area contributed by atoms with Gasteiger partial charge in [0.25, 0.3) is 0 Å². The van der Waals surface area contributed by atoms with Gasteiger partial charge in [0.05, 0.1) is 23.2 Å². The van der Waals surface area contributed by atoms with Crippen LogP contribution in [0.25, 0.3) is 0 Å². The van der Waals surface area contributed by atoms with Crippen molar-refractivity contribution >= 4 is 9.84 Å². The van der Waals surface area contributed by atoms with Crippen LogP contribution >= 0.6 is 0 Å². The van der Waals surface area contributed by atoms with Crippen molar-refractivity contribution in [1.82, 2.24) is 4.90 Å². The van der Waals surface area contributed by atoms with Crippen molar-refractivity contribution in [1.29, 1.82) is 0 Å². The average molecular weight is 362 g/mol. The van der Waals surface area contributed by atoms with Crippen LogP contribution in [0.15, 0.2) is 0 Å². The number of likely N-dealkylation sites (tertiary alicyclic amines) is 1. The lowest BCUT2D eigenvalue weighted by Crippen LogP contribution is -2.49. The van der Waals surface area contributed by atoms with E-state index in [-0.39, 0.29) is 5.25 Å². The maximum absolute atomic E-state index is 12.3. The van der Waals surface area contributed by atoms with E-state index in [0.717, 1.165) is 38.8 Å². The second kappa shape index (κ2) is 8.47. The number of piperidine rings is 1. The fraction of sp³-hybridized carbons (Fsp3) is 1.00. The summed E-state index contributed by atoms with van der Waals surface area (Å²) in [6.45, 7) is 8.63. The first-order chi connectivity index (χ1) is 11.2. The van der Waals surface area contributed by atoms with Crippen molar-refractivity contribution in [2.75, 3.05) is 32.1 Å². The van der Waals surface area contributed by atoms with Gasteiger partial charge in [-0.3, -0.25) is 0 Å². The lowest BCUT2D eigenvalue weighted by Gasteiger charge is -2.39. The van der Waals surface area contributed by atoms with Crippen LogP contribution < -0.4 is 0 Å². The first kappa shape index (κ1) is 20.1. The zero-order valence-electron chi connectivity index (χ0n) is 15.5. The standard InChI is InChI=1S/C18H35NO4S/c1-15(2)19-10-8-18(20,9-11-19)14-23-12-7-16(3)24(21,22)13-17-5-4-6-17/h15-17,20H,4-14H2,1-3H3. The highest BCUT2D eigenvalue weighted by atomic mass is 32.2. The van der Waals surface area contributed by atoms with E-state index in [4.69, 9.17) is 4.74 Å². The highest BCUT2D eigenvalue weighted by molar-refractivity contribution is 7.92. The number of aliphatic hydroxyl groups is 1. The number of nitrogens with zero attached hydrogens (tertiary/aromatic N) is 1. The van der Waals surface area contributed by atoms with E-state index in [1.807, 2.05) is 0 Å². The van der Waals surface area contributed by atoms with Gasteiger partial charge in [-0.1, -0.05) is 6.42 Å². The van der Waals surface area contributed by atoms with Crippen molar-refractivity contribution in [2.45, 2.75) is 76.2 Å². The molecule has 0 bridgehead atoms. The third kappa shape index (κ3) is 5.68. The summed E-state index contributed by atoms with van der Waals surface area (Å²) in [5.74, 6) is 0.716. The topological polar surface area (TPSA) is 66.8 Å². The van der Waals surface area contributed by atoms with Gasteiger partial charge in [0.1, 0.15) is 0 Å². The molecule has 1 aliphatic carbocycles. The molecule has 1 N–H and O–H groups in total. The predicted octanol–water partition coefficient (Wildman–Crippen LogP) is 2.23. The van der Waals surface area contributed by atoms with Crippen LogP contribution in [0, 0.1) is 5.92 Å². The van der Waals surface area contributed by atoms with Crippen LogP contribution in [0.1, 0.15) is 59.3 Å². The molecule has 0 amide bonds. The first-order valence-corrected chi connectivity index (χ1v) is 11.2. The fourth-order valence-electron chi connectivity index (χ4n) is 3.44. The van der Waals surface area contributed by atoms with Gasteiger partial charge in [-0.15, -0.1) is 0 Å². The quantitative estimate of drug-likeness (QED) is 0.638. The van der Waals surface area contributed by atoms with Crippen molar-refractivity contribution in [2.24, 2.45) is 5.92 Å². The van der Waals surface area contributed by atoms with Gasteiger partial charge in [0.15, 0.2) is 9.84 Å². The Morgan fingerprint density at radius 1 is 1.21 bits per heavy atom. The summed E-state index contributed by atoms with van der Waals surface area (Å²) in [6.07, 6.45) is 5.25. The van der Waals surface area contributed by atoms with Crippen molar-refractivity contribution in [3.63, 3.8) is 0 Å². The Labute approximate surface area is 147 Å². The predicted molar refractivity (Wildman–Crippen MR) is 96.9 cm³/mol. The summed E-state index contributed by atoms with van der Waals surface area (Å²) in [4.78, 5) is 2.36. The van der Waals surface area contributed by atoms with Gasteiger partial charge in [-0.2, -0.15) is 0 Å². The number of hydrogen-bond donors (Lipinski definition) is 1. The molecule has 0 aromatic carbocycles. The van der Waals surface area contributed by atoms with Gasteiger partial charge >= 0.3 is 0 Å². The molecule has 142 valence electrons. The SMILES string of the molecule is CC(C)N1CCC(O)(COCCC(C)S(=O)(=O)CC2CCC2)CC1. The van der Waals surface area contributed by atoms with Gasteiger partial charge in [0.2, 0.25) is 0 Å². The molecule has 2 aliphatic rings. The summed E-state index contributed by atoms with van der Waals surface area (Å²) in [5, 5.41) is 10.2. The summed E-state index contributed by atoms with van der Waals surface area (Å²) in [6, 6.07) is 0.511. The van der Waals surface area contributed by atoms with E-state index in [1.54, 1.807) is 6.92 Å². The van der Waals surface area contributed by atoms with Gasteiger partial charge in [-0.25, -0.2) is 8.42 Å². The van der Waals surface area contributed by atoms with Gasteiger partial charge in [-0.05, 0) is 58.8 Å². The average Bonchev–Trinajstić information content (AvgIpc) is 2.48. The lowest BCUT2D eigenvalue weighted by atomic mass is 9.87. The second-order valence-electron chi connectivity index (χ2n) is 8.13. The second-order valence-corrected chi connectivity index (χ2v) is 10.6. The van der Waals surface area contributed by atoms with Gasteiger partial charge in [0, 0.05) is 25.7 Å². The summed E-state index contributed by atoms with van der Waals surface area (Å²) in [7, 11) is -3.01. The zero-order valence-corrected chi connectivity index (χ0v) is 16.4. The van der Waals surface area contributed by atoms with Gasteiger partial charge < -0.3 is 14.7 Å². The Morgan fingerprint density at radius 2 is 1.83 bits per heavy atom. The molecule has 0 aromatic heterocycles. The molecule has 1 saturated carbocycles. The molecule has 1 heterocycles. The van der Waals surface area contributed by atoms with Crippen molar-refractivity contribution < 1.29 is 18.3 Å². The molecule has 1 unspecified atom stereocenters. The Morgan fingerprint density at radius 3 is 2.33 bits per heavy atom. The highest BCUT2D eigenvalue weighted by Gasteiger charge is 2.33. The molecular formula is C18H35NO4S. The summed E-state index contributed by atoms with van der Waals surface area (Å²) < 4.78 is 30.2. The molecule has 6 heteroatoms. The Kier molecular flexibility index (Phi) is 7.11. The molecular weight excluding hydrogens is 326 g/mol. The molecule has 1 saturated heterocycles. The molecule has 1 atom stereocenters. The molecule has 0 aromatic rings. The lowest BCUT2D eigenvalue weighted by molar-refractivity contribution is -0.0850. The molecule has 2 fully saturated rings. The smallest absolute Gasteiger partial charge is 0.153 e. The highest BCUT2D eigenvalue weighted by Crippen LogP contribution is 2.29. The summed E-state index contributed by atoms with van der Waals surface area (Å²) in [5.41, 5.74) is -0.751. The Bertz CT molecular complexity index is 479. The minimum Gasteiger partial charge on any atom is -0.387 e. The molecule has 2 rings (SSSR count). The third-order valence-corrected chi connectivity index (χ3v) is 8.20. The third-order valence-electron chi connectivity index (χ3n) is 5.80. The maximum Gasteiger partial charge on any atom is 0.153 e. The number of ether oxygens (including phenoxy) is 1. The van der Waals surface area contributed by atoms with E-state index < -0.39 is 15.4 Å². The normalized spacial score (nSPS) is 24.0. The molecule has 24 heavy (non-hydrogen) atoms. The van der Waals surface area contributed by atoms with E-state index in [0.29, 0.717) is 37.3 Å². The minimum absolute atomic E-state index is 0.314. The first-order valence-electron chi connectivity index (χ1n) is 9.48. The van der Waals surface area contributed by atoms with E-state index in [2.05, 4.69) is 18.7 Å². The maximum atomic E-state index is 12.3. The van der Waals surface area contributed by atoms with E-state index >= 15 is 0 Å². The van der Waals surface area contributed by atoms with Crippen LogP contribution in [0.4, 0.5) is 0 Å². The zero-order chi connectivity index (χ0) is 17.8. The molecule has 0 radical (unpaired) electrons. The molecule has 1 aliphatic heterocycles. The van der Waals surface area contributed by atoms with Crippen LogP contribution in [0.2, 0.25) is 0 Å².